The fourth-order valence-corrected chi connectivity index (χ4v) is 4.95. The van der Waals surface area contributed by atoms with Crippen LogP contribution in [0, 0.1) is 5.82 Å². The minimum absolute atomic E-state index is 0.0159. The first-order valence-corrected chi connectivity index (χ1v) is 11.8. The van der Waals surface area contributed by atoms with Crippen LogP contribution in [0.4, 0.5) is 15.8 Å². The van der Waals surface area contributed by atoms with E-state index in [1.807, 2.05) is 0 Å². The minimum Gasteiger partial charge on any atom is -0.486 e. The van der Waals surface area contributed by atoms with Gasteiger partial charge in [-0.3, -0.25) is 9.10 Å². The van der Waals surface area contributed by atoms with Crippen LogP contribution < -0.4 is 19.1 Å². The van der Waals surface area contributed by atoms with Crippen LogP contribution in [0.3, 0.4) is 0 Å². The maximum absolute atomic E-state index is 13.9. The van der Waals surface area contributed by atoms with Gasteiger partial charge in [-0.05, 0) is 58.4 Å². The highest BCUT2D eigenvalue weighted by molar-refractivity contribution is 9.10. The average Bonchev–Trinajstić information content (AvgIpc) is 2.78. The van der Waals surface area contributed by atoms with Crippen LogP contribution in [0.1, 0.15) is 0 Å². The van der Waals surface area contributed by atoms with Crippen molar-refractivity contribution in [2.75, 3.05) is 29.4 Å². The average molecular weight is 521 g/mol. The molecule has 0 atom stereocenters. The molecule has 4 rings (SSSR count). The van der Waals surface area contributed by atoms with Gasteiger partial charge in [0, 0.05) is 10.5 Å². The molecule has 1 aliphatic rings. The summed E-state index contributed by atoms with van der Waals surface area (Å²) < 4.78 is 53.3. The first kappa shape index (κ1) is 22.1. The van der Waals surface area contributed by atoms with Gasteiger partial charge in [0.1, 0.15) is 25.6 Å². The minimum atomic E-state index is -4.24. The number of hydrogen-bond donors (Lipinski definition) is 1. The highest BCUT2D eigenvalue weighted by Gasteiger charge is 2.29. The van der Waals surface area contributed by atoms with Crippen LogP contribution in [0.15, 0.2) is 76.1 Å². The Kier molecular flexibility index (Phi) is 6.33. The van der Waals surface area contributed by atoms with Gasteiger partial charge in [0.2, 0.25) is 5.91 Å². The monoisotopic (exact) mass is 520 g/mol. The Bertz CT molecular complexity index is 1270. The summed E-state index contributed by atoms with van der Waals surface area (Å²) >= 11 is 3.33. The van der Waals surface area contributed by atoms with Crippen molar-refractivity contribution in [1.82, 2.24) is 0 Å². The zero-order chi connectivity index (χ0) is 22.7. The molecule has 0 bridgehead atoms. The summed E-state index contributed by atoms with van der Waals surface area (Å²) in [4.78, 5) is 12.7. The lowest BCUT2D eigenvalue weighted by Crippen LogP contribution is -2.38. The molecular formula is C22H18BrFN2O5S. The normalized spacial score (nSPS) is 12.8. The molecule has 0 spiro atoms. The van der Waals surface area contributed by atoms with Crippen molar-refractivity contribution in [2.24, 2.45) is 0 Å². The quantitative estimate of drug-likeness (QED) is 0.526. The predicted molar refractivity (Wildman–Crippen MR) is 121 cm³/mol. The highest BCUT2D eigenvalue weighted by atomic mass is 79.9. The summed E-state index contributed by atoms with van der Waals surface area (Å²) in [6.07, 6.45) is 0. The summed E-state index contributed by atoms with van der Waals surface area (Å²) in [5.74, 6) is -0.508. The Labute approximate surface area is 192 Å². The van der Waals surface area contributed by atoms with Gasteiger partial charge in [-0.25, -0.2) is 12.8 Å². The number of nitrogens with zero attached hydrogens (tertiary/aromatic N) is 1. The molecule has 7 nitrogen and oxygen atoms in total. The topological polar surface area (TPSA) is 84.9 Å². The van der Waals surface area contributed by atoms with Crippen molar-refractivity contribution >= 4 is 43.2 Å². The predicted octanol–water partition coefficient (Wildman–Crippen LogP) is 4.19. The van der Waals surface area contributed by atoms with Gasteiger partial charge in [0.05, 0.1) is 16.3 Å². The molecular weight excluding hydrogens is 503 g/mol. The summed E-state index contributed by atoms with van der Waals surface area (Å²) in [6, 6.07) is 16.2. The van der Waals surface area contributed by atoms with E-state index in [0.29, 0.717) is 29.1 Å². The molecule has 0 aromatic heterocycles. The van der Waals surface area contributed by atoms with Crippen LogP contribution in [0.2, 0.25) is 0 Å². The number of hydrogen-bond acceptors (Lipinski definition) is 5. The van der Waals surface area contributed by atoms with E-state index in [4.69, 9.17) is 9.47 Å². The second-order valence-electron chi connectivity index (χ2n) is 6.83. The van der Waals surface area contributed by atoms with E-state index in [2.05, 4.69) is 21.2 Å². The lowest BCUT2D eigenvalue weighted by atomic mass is 10.3. The molecule has 3 aromatic rings. The van der Waals surface area contributed by atoms with Gasteiger partial charge < -0.3 is 14.8 Å². The van der Waals surface area contributed by atoms with Gasteiger partial charge in [-0.1, -0.05) is 18.2 Å². The molecule has 166 valence electrons. The number of rotatable bonds is 6. The smallest absolute Gasteiger partial charge is 0.264 e. The fraction of sp³-hybridized carbons (Fsp3) is 0.136. The van der Waals surface area contributed by atoms with Crippen molar-refractivity contribution < 1.29 is 27.1 Å². The van der Waals surface area contributed by atoms with E-state index >= 15 is 0 Å². The second-order valence-corrected chi connectivity index (χ2v) is 9.54. The Hall–Kier alpha value is -3.11. The third kappa shape index (κ3) is 4.71. The summed E-state index contributed by atoms with van der Waals surface area (Å²) in [5, 5.41) is 2.67. The van der Waals surface area contributed by atoms with Crippen molar-refractivity contribution in [2.45, 2.75) is 4.90 Å². The number of para-hydroxylation sites is 1. The Morgan fingerprint density at radius 3 is 2.50 bits per heavy atom. The molecule has 0 unspecified atom stereocenters. The van der Waals surface area contributed by atoms with Gasteiger partial charge in [-0.2, -0.15) is 0 Å². The van der Waals surface area contributed by atoms with Crippen LogP contribution >= 0.6 is 15.9 Å². The van der Waals surface area contributed by atoms with Crippen molar-refractivity contribution in [3.8, 4) is 11.5 Å². The Balaban J connectivity index is 1.69. The number of fused-ring (bicyclic) bond motifs is 1. The van der Waals surface area contributed by atoms with Crippen molar-refractivity contribution in [1.29, 1.82) is 0 Å². The van der Waals surface area contributed by atoms with Gasteiger partial charge in [0.25, 0.3) is 10.0 Å². The third-order valence-electron chi connectivity index (χ3n) is 4.63. The molecule has 32 heavy (non-hydrogen) atoms. The zero-order valence-corrected chi connectivity index (χ0v) is 19.0. The first-order chi connectivity index (χ1) is 15.3. The van der Waals surface area contributed by atoms with Crippen molar-refractivity contribution in [3.63, 3.8) is 0 Å². The number of amides is 1. The lowest BCUT2D eigenvalue weighted by molar-refractivity contribution is -0.114. The number of benzene rings is 3. The second kappa shape index (κ2) is 9.17. The maximum Gasteiger partial charge on any atom is 0.264 e. The third-order valence-corrected chi connectivity index (χ3v) is 7.09. The van der Waals surface area contributed by atoms with Crippen LogP contribution in [0.25, 0.3) is 0 Å². The molecule has 0 saturated carbocycles. The molecule has 0 aliphatic carbocycles. The molecule has 1 amide bonds. The molecule has 3 aromatic carbocycles. The van der Waals surface area contributed by atoms with E-state index in [9.17, 15) is 17.6 Å². The zero-order valence-electron chi connectivity index (χ0n) is 16.6. The SMILES string of the molecule is O=C(CN(c1cccc(F)c1)S(=O)(=O)c1ccc2c(c1)OCCO2)Nc1ccccc1Br. The van der Waals surface area contributed by atoms with Gasteiger partial charge in [-0.15, -0.1) is 0 Å². The van der Waals surface area contributed by atoms with Crippen LogP contribution in [-0.2, 0) is 14.8 Å². The van der Waals surface area contributed by atoms with Crippen LogP contribution in [0.5, 0.6) is 11.5 Å². The largest absolute Gasteiger partial charge is 0.486 e. The molecule has 1 aliphatic heterocycles. The van der Waals surface area contributed by atoms with Crippen LogP contribution in [-0.4, -0.2) is 34.1 Å². The Morgan fingerprint density at radius 2 is 1.75 bits per heavy atom. The number of anilines is 2. The fourth-order valence-electron chi connectivity index (χ4n) is 3.14. The first-order valence-electron chi connectivity index (χ1n) is 9.57. The number of ether oxygens (including phenoxy) is 2. The summed E-state index contributed by atoms with van der Waals surface area (Å²) in [6.45, 7) is 0.0871. The molecule has 1 N–H and O–H groups in total. The lowest BCUT2D eigenvalue weighted by Gasteiger charge is -2.25. The maximum atomic E-state index is 13.9. The summed E-state index contributed by atoms with van der Waals surface area (Å²) in [5.41, 5.74) is 0.496. The Morgan fingerprint density at radius 1 is 1.00 bits per heavy atom. The molecule has 0 fully saturated rings. The number of halogens is 2. The number of nitrogens with one attached hydrogen (secondary N) is 1. The number of sulfonamides is 1. The molecule has 10 heteroatoms. The van der Waals surface area contributed by atoms with Gasteiger partial charge in [0.15, 0.2) is 11.5 Å². The van der Waals surface area contributed by atoms with E-state index in [1.165, 1.54) is 36.4 Å². The van der Waals surface area contributed by atoms with Crippen molar-refractivity contribution in [3.05, 3.63) is 77.0 Å². The van der Waals surface area contributed by atoms with E-state index < -0.39 is 28.3 Å². The number of carbonyl (C=O) groups excluding carboxylic acids is 1. The van der Waals surface area contributed by atoms with E-state index in [0.717, 1.165) is 10.4 Å². The molecule has 1 heterocycles. The van der Waals surface area contributed by atoms with Gasteiger partial charge >= 0.3 is 0 Å². The van der Waals surface area contributed by atoms with E-state index in [1.54, 1.807) is 24.3 Å². The molecule has 0 saturated heterocycles. The summed E-state index contributed by atoms with van der Waals surface area (Å²) in [7, 11) is -4.24. The molecule has 0 radical (unpaired) electrons. The standard InChI is InChI=1S/C22H18BrFN2O5S/c23-18-6-1-2-7-19(18)25-22(27)14-26(16-5-3-4-15(24)12-16)32(28,29)17-8-9-20-21(13-17)31-11-10-30-20/h1-9,12-13H,10-11,14H2,(H,25,27). The number of carbonyl (C=O) groups is 1. The van der Waals surface area contributed by atoms with E-state index in [-0.39, 0.29) is 16.3 Å². The highest BCUT2D eigenvalue weighted by Crippen LogP contribution is 2.34.